The summed E-state index contributed by atoms with van der Waals surface area (Å²) in [7, 11) is 1.70. The Morgan fingerprint density at radius 3 is 2.34 bits per heavy atom. The van der Waals surface area contributed by atoms with Crippen molar-refractivity contribution in [3.8, 4) is 5.75 Å². The number of imidazole rings is 1. The van der Waals surface area contributed by atoms with E-state index in [1.54, 1.807) is 7.11 Å². The molecule has 29 heavy (non-hydrogen) atoms. The van der Waals surface area contributed by atoms with E-state index >= 15 is 0 Å². The first-order valence-corrected chi connectivity index (χ1v) is 9.86. The molecule has 0 unspecified atom stereocenters. The van der Waals surface area contributed by atoms with Gasteiger partial charge in [-0.25, -0.2) is 9.13 Å². The summed E-state index contributed by atoms with van der Waals surface area (Å²) in [5, 5.41) is 5.01. The molecule has 0 atom stereocenters. The van der Waals surface area contributed by atoms with Crippen molar-refractivity contribution in [1.29, 1.82) is 0 Å². The second kappa shape index (κ2) is 7.44. The van der Waals surface area contributed by atoms with E-state index in [-0.39, 0.29) is 0 Å². The average molecular weight is 379 g/mol. The molecule has 0 amide bonds. The van der Waals surface area contributed by atoms with Crippen LogP contribution in [0.3, 0.4) is 0 Å². The number of methoxy groups -OCH3 is 1. The van der Waals surface area contributed by atoms with Gasteiger partial charge < -0.3 is 4.74 Å². The van der Waals surface area contributed by atoms with Crippen molar-refractivity contribution >= 4 is 21.5 Å². The molecule has 142 valence electrons. The van der Waals surface area contributed by atoms with Crippen molar-refractivity contribution in [2.45, 2.75) is 13.1 Å². The average Bonchev–Trinajstić information content (AvgIpc) is 3.20. The van der Waals surface area contributed by atoms with E-state index in [0.29, 0.717) is 0 Å². The molecule has 0 fully saturated rings. The van der Waals surface area contributed by atoms with E-state index in [4.69, 9.17) is 4.74 Å². The fourth-order valence-electron chi connectivity index (χ4n) is 3.88. The van der Waals surface area contributed by atoms with Gasteiger partial charge in [-0.3, -0.25) is 0 Å². The number of nitrogens with zero attached hydrogens (tertiary/aromatic N) is 2. The molecule has 5 rings (SSSR count). The quantitative estimate of drug-likeness (QED) is 0.385. The smallest absolute Gasteiger partial charge is 0.244 e. The second-order valence-electron chi connectivity index (χ2n) is 7.49. The minimum absolute atomic E-state index is 0.854. The number of benzene rings is 4. The lowest BCUT2D eigenvalue weighted by Gasteiger charge is -2.05. The maximum absolute atomic E-state index is 5.32. The largest absolute Gasteiger partial charge is 0.497 e. The van der Waals surface area contributed by atoms with Crippen LogP contribution in [0.4, 0.5) is 0 Å². The first-order valence-electron chi connectivity index (χ1n) is 9.86. The SMILES string of the molecule is COc1ccc2cc(Cn3cc[n+](Cc4ccc5ccccc5c4)c3)ccc2c1. The molecule has 0 radical (unpaired) electrons. The lowest BCUT2D eigenvalue weighted by molar-refractivity contribution is -0.687. The van der Waals surface area contributed by atoms with E-state index < -0.39 is 0 Å². The van der Waals surface area contributed by atoms with E-state index in [9.17, 15) is 0 Å². The third kappa shape index (κ3) is 3.72. The van der Waals surface area contributed by atoms with Gasteiger partial charge in [0.05, 0.1) is 7.11 Å². The predicted octanol–water partition coefficient (Wildman–Crippen LogP) is 5.19. The van der Waals surface area contributed by atoms with Crippen LogP contribution in [0, 0.1) is 0 Å². The van der Waals surface area contributed by atoms with Crippen LogP contribution < -0.4 is 9.30 Å². The summed E-state index contributed by atoms with van der Waals surface area (Å²) in [6.07, 6.45) is 6.45. The summed E-state index contributed by atoms with van der Waals surface area (Å²) in [4.78, 5) is 0. The van der Waals surface area contributed by atoms with Crippen LogP contribution in [0.1, 0.15) is 11.1 Å². The highest BCUT2D eigenvalue weighted by Crippen LogP contribution is 2.22. The third-order valence-electron chi connectivity index (χ3n) is 5.40. The molecule has 0 N–H and O–H groups in total. The maximum Gasteiger partial charge on any atom is 0.244 e. The fraction of sp³-hybridized carbons (Fsp3) is 0.115. The van der Waals surface area contributed by atoms with Gasteiger partial charge in [0.15, 0.2) is 0 Å². The van der Waals surface area contributed by atoms with Crippen molar-refractivity contribution in [3.05, 3.63) is 109 Å². The molecule has 0 aliphatic heterocycles. The molecular formula is C26H23N2O+. The van der Waals surface area contributed by atoms with Gasteiger partial charge in [0.1, 0.15) is 31.2 Å². The minimum Gasteiger partial charge on any atom is -0.497 e. The number of aromatic nitrogens is 2. The van der Waals surface area contributed by atoms with E-state index in [2.05, 4.69) is 101 Å². The molecule has 1 aromatic heterocycles. The summed E-state index contributed by atoms with van der Waals surface area (Å²) in [6, 6.07) is 28.0. The Labute approximate surface area is 170 Å². The van der Waals surface area contributed by atoms with E-state index in [0.717, 1.165) is 18.8 Å². The van der Waals surface area contributed by atoms with Gasteiger partial charge in [0.2, 0.25) is 6.33 Å². The van der Waals surface area contributed by atoms with Crippen molar-refractivity contribution in [2.75, 3.05) is 7.11 Å². The normalized spacial score (nSPS) is 11.2. The predicted molar refractivity (Wildman–Crippen MR) is 117 cm³/mol. The van der Waals surface area contributed by atoms with Crippen LogP contribution in [-0.2, 0) is 13.1 Å². The molecule has 0 saturated heterocycles. The van der Waals surface area contributed by atoms with Gasteiger partial charge in [0, 0.05) is 0 Å². The first-order chi connectivity index (χ1) is 14.3. The number of fused-ring (bicyclic) bond motifs is 2. The van der Waals surface area contributed by atoms with Crippen molar-refractivity contribution in [1.82, 2.24) is 4.57 Å². The Hall–Kier alpha value is -3.59. The molecule has 0 spiro atoms. The van der Waals surface area contributed by atoms with Crippen LogP contribution in [-0.4, -0.2) is 11.7 Å². The summed E-state index contributed by atoms with van der Waals surface area (Å²) in [5.41, 5.74) is 2.60. The highest BCUT2D eigenvalue weighted by molar-refractivity contribution is 5.84. The Morgan fingerprint density at radius 1 is 0.759 bits per heavy atom. The lowest BCUT2D eigenvalue weighted by Crippen LogP contribution is -2.31. The third-order valence-corrected chi connectivity index (χ3v) is 5.40. The lowest BCUT2D eigenvalue weighted by atomic mass is 10.1. The second-order valence-corrected chi connectivity index (χ2v) is 7.49. The highest BCUT2D eigenvalue weighted by Gasteiger charge is 2.07. The Morgan fingerprint density at radius 2 is 1.45 bits per heavy atom. The molecule has 0 saturated carbocycles. The van der Waals surface area contributed by atoms with Gasteiger partial charge in [-0.05, 0) is 56.9 Å². The minimum atomic E-state index is 0.854. The van der Waals surface area contributed by atoms with Crippen LogP contribution in [0.5, 0.6) is 5.75 Å². The summed E-state index contributed by atoms with van der Waals surface area (Å²) in [6.45, 7) is 1.72. The van der Waals surface area contributed by atoms with Crippen LogP contribution >= 0.6 is 0 Å². The van der Waals surface area contributed by atoms with E-state index in [1.165, 1.54) is 32.7 Å². The number of ether oxygens (including phenoxy) is 1. The Balaban J connectivity index is 1.33. The molecular weight excluding hydrogens is 356 g/mol. The molecule has 5 aromatic rings. The van der Waals surface area contributed by atoms with Crippen LogP contribution in [0.2, 0.25) is 0 Å². The zero-order valence-corrected chi connectivity index (χ0v) is 16.5. The van der Waals surface area contributed by atoms with Crippen molar-refractivity contribution in [3.63, 3.8) is 0 Å². The summed E-state index contributed by atoms with van der Waals surface area (Å²) < 4.78 is 9.78. The zero-order chi connectivity index (χ0) is 19.6. The van der Waals surface area contributed by atoms with Crippen molar-refractivity contribution < 1.29 is 9.30 Å². The van der Waals surface area contributed by atoms with Crippen LogP contribution in [0.25, 0.3) is 21.5 Å². The summed E-state index contributed by atoms with van der Waals surface area (Å²) in [5.74, 6) is 0.894. The number of hydrogen-bond acceptors (Lipinski definition) is 1. The van der Waals surface area contributed by atoms with Gasteiger partial charge in [-0.15, -0.1) is 0 Å². The van der Waals surface area contributed by atoms with Gasteiger partial charge in [-0.2, -0.15) is 0 Å². The fourth-order valence-corrected chi connectivity index (χ4v) is 3.88. The Kier molecular flexibility index (Phi) is 4.49. The molecule has 4 aromatic carbocycles. The van der Waals surface area contributed by atoms with Gasteiger partial charge in [0.25, 0.3) is 0 Å². The standard InChI is InChI=1S/C26H23N2O/c1-29-26-11-10-24-15-21(7-9-25(24)16-26)18-28-13-12-27(19-28)17-20-6-8-22-4-2-3-5-23(22)14-20/h2-16,19H,17-18H2,1H3/q+1. The molecule has 3 nitrogen and oxygen atoms in total. The Bertz CT molecular complexity index is 1300. The topological polar surface area (TPSA) is 18.0 Å². The van der Waals surface area contributed by atoms with E-state index in [1.807, 2.05) is 6.07 Å². The van der Waals surface area contributed by atoms with Crippen LogP contribution in [0.15, 0.2) is 97.6 Å². The molecule has 3 heteroatoms. The molecule has 1 heterocycles. The highest BCUT2D eigenvalue weighted by atomic mass is 16.5. The molecule has 0 aliphatic carbocycles. The van der Waals surface area contributed by atoms with Gasteiger partial charge in [-0.1, -0.05) is 54.6 Å². The molecule has 0 bridgehead atoms. The maximum atomic E-state index is 5.32. The first kappa shape index (κ1) is 17.5. The number of hydrogen-bond donors (Lipinski definition) is 0. The van der Waals surface area contributed by atoms with Crippen molar-refractivity contribution in [2.24, 2.45) is 0 Å². The van der Waals surface area contributed by atoms with Gasteiger partial charge >= 0.3 is 0 Å². The monoisotopic (exact) mass is 379 g/mol. The summed E-state index contributed by atoms with van der Waals surface area (Å²) >= 11 is 0. The molecule has 0 aliphatic rings. The number of rotatable bonds is 5. The zero-order valence-electron chi connectivity index (χ0n) is 16.5.